The molecule has 0 spiro atoms. The van der Waals surface area contributed by atoms with Gasteiger partial charge in [-0.3, -0.25) is 63.5 Å². The van der Waals surface area contributed by atoms with Crippen molar-refractivity contribution in [1.82, 2.24) is 35.6 Å². The lowest BCUT2D eigenvalue weighted by Gasteiger charge is -2.28. The van der Waals surface area contributed by atoms with Crippen molar-refractivity contribution in [2.24, 2.45) is 7.05 Å². The summed E-state index contributed by atoms with van der Waals surface area (Å²) < 4.78 is 1.57. The van der Waals surface area contributed by atoms with Crippen molar-refractivity contribution in [3.63, 3.8) is 0 Å². The number of imide groups is 2. The number of nitro groups is 2. The molecule has 75 heavy (non-hydrogen) atoms. The van der Waals surface area contributed by atoms with Crippen LogP contribution in [0.4, 0.5) is 22.7 Å². The molecule has 0 saturated carbocycles. The van der Waals surface area contributed by atoms with Gasteiger partial charge in [0, 0.05) is 116 Å². The zero-order chi connectivity index (χ0) is 52.2. The van der Waals surface area contributed by atoms with Gasteiger partial charge in [0.2, 0.25) is 5.91 Å². The molecular formula is C50H49Cl2N11O12. The van der Waals surface area contributed by atoms with Crippen LogP contribution in [-0.4, -0.2) is 131 Å². The minimum Gasteiger partial charge on any atom is -0.352 e. The number of rotatable bonds is 20. The molecule has 5 N–H and O–H groups in total. The van der Waals surface area contributed by atoms with Crippen LogP contribution in [0.25, 0.3) is 21.5 Å². The van der Waals surface area contributed by atoms with Gasteiger partial charge in [-0.15, -0.1) is 24.8 Å². The van der Waals surface area contributed by atoms with Gasteiger partial charge in [0.05, 0.1) is 32.3 Å². The van der Waals surface area contributed by atoms with Gasteiger partial charge in [0.15, 0.2) is 0 Å². The van der Waals surface area contributed by atoms with Crippen LogP contribution in [0.2, 0.25) is 0 Å². The van der Waals surface area contributed by atoms with Crippen LogP contribution in [0.3, 0.4) is 0 Å². The van der Waals surface area contributed by atoms with Gasteiger partial charge in [-0.25, -0.2) is 4.90 Å². The van der Waals surface area contributed by atoms with Gasteiger partial charge < -0.3 is 36.1 Å². The SMILES string of the molecule is CN(C)CCCNC(=O)c1cc(NC(=O)CCNC(=O)c2cc(C(=O)NCCNCCN3C(=O)c4cccc5cc([N+](=O)[O-])cc(c45)C3=O)cc(N3C(=O)c4cccc5cc([N+](=O)[O-])cc(c45)C3=O)c2)cn1C.Cl.Cl. The zero-order valence-corrected chi connectivity index (χ0v) is 42.1. The molecule has 5 aromatic carbocycles. The van der Waals surface area contributed by atoms with Gasteiger partial charge in [-0.1, -0.05) is 24.3 Å². The summed E-state index contributed by atoms with van der Waals surface area (Å²) >= 11 is 0. The number of aromatic nitrogens is 1. The van der Waals surface area contributed by atoms with Crippen molar-refractivity contribution < 1.29 is 48.2 Å². The topological polar surface area (TPSA) is 298 Å². The van der Waals surface area contributed by atoms with Gasteiger partial charge in [0.25, 0.3) is 52.7 Å². The number of carbonyl (C=O) groups excluding carboxylic acids is 8. The molecule has 8 rings (SSSR count). The molecule has 0 radical (unpaired) electrons. The van der Waals surface area contributed by atoms with Crippen molar-refractivity contribution in [1.29, 1.82) is 0 Å². The first kappa shape index (κ1) is 55.7. The largest absolute Gasteiger partial charge is 0.352 e. The standard InChI is InChI=1S/C50H47N11O12.2ClH/c1-56(2)17-6-12-52-46(65)40-24-32(27-57(40)3)55-41(62)11-13-53-44(63)30-19-31(23-33(22-30)59-49(68)37-10-5-8-29-21-35(61(72)73)26-39(43(29)37)50(59)69)45(64)54-15-14-51-16-18-58-47(66)36-9-4-7-28-20-34(60(70)71)25-38(42(28)36)48(58)67;;/h4-5,7-10,19-27,51H,6,11-18H2,1-3H3,(H,52,65)(H,53,63)(H,54,64)(H,55,62);2*1H. The molecule has 2 aliphatic heterocycles. The molecule has 0 aliphatic carbocycles. The van der Waals surface area contributed by atoms with Crippen LogP contribution >= 0.6 is 24.8 Å². The van der Waals surface area contributed by atoms with Gasteiger partial charge in [-0.05, 0) is 74.2 Å². The summed E-state index contributed by atoms with van der Waals surface area (Å²) in [6.07, 6.45) is 2.09. The Morgan fingerprint density at radius 1 is 0.613 bits per heavy atom. The maximum atomic E-state index is 14.2. The average molecular weight is 1070 g/mol. The quantitative estimate of drug-likeness (QED) is 0.0296. The lowest BCUT2D eigenvalue weighted by molar-refractivity contribution is -0.384. The van der Waals surface area contributed by atoms with E-state index < -0.39 is 56.9 Å². The number of halogens is 2. The van der Waals surface area contributed by atoms with Crippen molar-refractivity contribution in [2.75, 3.05) is 70.1 Å². The fourth-order valence-corrected chi connectivity index (χ4v) is 8.73. The molecule has 0 bridgehead atoms. The monoisotopic (exact) mass is 1070 g/mol. The summed E-state index contributed by atoms with van der Waals surface area (Å²) in [5.74, 6) is -5.40. The van der Waals surface area contributed by atoms with Crippen LogP contribution in [0.15, 0.2) is 91.1 Å². The summed E-state index contributed by atoms with van der Waals surface area (Å²) in [6.45, 7) is 1.06. The van der Waals surface area contributed by atoms with E-state index in [1.807, 2.05) is 19.0 Å². The molecule has 390 valence electrons. The van der Waals surface area contributed by atoms with Crippen molar-refractivity contribution in [3.05, 3.63) is 150 Å². The molecular weight excluding hydrogens is 1020 g/mol. The molecule has 6 aromatic rings. The molecule has 0 atom stereocenters. The number of benzene rings is 5. The van der Waals surface area contributed by atoms with Crippen molar-refractivity contribution in [3.8, 4) is 0 Å². The van der Waals surface area contributed by atoms with E-state index in [0.717, 1.165) is 34.9 Å². The number of anilines is 2. The number of aryl methyl sites for hydroxylation is 1. The van der Waals surface area contributed by atoms with Gasteiger partial charge in [0.1, 0.15) is 5.69 Å². The van der Waals surface area contributed by atoms with E-state index in [-0.39, 0.29) is 125 Å². The number of nitro benzene ring substituents is 2. The highest BCUT2D eigenvalue weighted by molar-refractivity contribution is 6.36. The van der Waals surface area contributed by atoms with E-state index in [1.165, 1.54) is 60.7 Å². The molecule has 0 unspecified atom stereocenters. The molecule has 23 nitrogen and oxygen atoms in total. The third-order valence-electron chi connectivity index (χ3n) is 12.2. The Bertz CT molecular complexity index is 3360. The molecule has 0 saturated heterocycles. The lowest BCUT2D eigenvalue weighted by atomic mass is 9.92. The molecule has 1 aromatic heterocycles. The third kappa shape index (κ3) is 11.8. The number of amides is 8. The minimum atomic E-state index is -0.947. The van der Waals surface area contributed by atoms with E-state index in [0.29, 0.717) is 28.7 Å². The van der Waals surface area contributed by atoms with Gasteiger partial charge >= 0.3 is 0 Å². The summed E-state index contributed by atoms with van der Waals surface area (Å²) in [5.41, 5.74) is -0.469. The summed E-state index contributed by atoms with van der Waals surface area (Å²) in [5, 5.41) is 38.5. The number of nitrogens with one attached hydrogen (secondary N) is 5. The fourth-order valence-electron chi connectivity index (χ4n) is 8.73. The smallest absolute Gasteiger partial charge is 0.270 e. The summed E-state index contributed by atoms with van der Waals surface area (Å²) in [6, 6.07) is 19.0. The number of non-ortho nitro benzene ring substituents is 2. The highest BCUT2D eigenvalue weighted by atomic mass is 35.5. The van der Waals surface area contributed by atoms with E-state index in [9.17, 15) is 58.6 Å². The fraction of sp³-hybridized carbons (Fsp3) is 0.240. The summed E-state index contributed by atoms with van der Waals surface area (Å²) in [4.78, 5) is 134. The second-order valence-corrected chi connectivity index (χ2v) is 17.5. The Morgan fingerprint density at radius 2 is 1.15 bits per heavy atom. The van der Waals surface area contributed by atoms with Crippen LogP contribution in [0, 0.1) is 20.2 Å². The van der Waals surface area contributed by atoms with Crippen LogP contribution in [0.5, 0.6) is 0 Å². The van der Waals surface area contributed by atoms with E-state index in [1.54, 1.807) is 29.9 Å². The third-order valence-corrected chi connectivity index (χ3v) is 12.2. The Morgan fingerprint density at radius 3 is 1.73 bits per heavy atom. The first-order valence-electron chi connectivity index (χ1n) is 22.9. The molecule has 3 heterocycles. The maximum absolute atomic E-state index is 14.2. The predicted octanol–water partition coefficient (Wildman–Crippen LogP) is 4.85. The van der Waals surface area contributed by atoms with Gasteiger partial charge in [-0.2, -0.15) is 0 Å². The van der Waals surface area contributed by atoms with Crippen LogP contribution in [-0.2, 0) is 11.8 Å². The highest BCUT2D eigenvalue weighted by Gasteiger charge is 2.37. The first-order valence-corrected chi connectivity index (χ1v) is 22.9. The van der Waals surface area contributed by atoms with Crippen molar-refractivity contribution >= 4 is 116 Å². The number of hydrogen-bond donors (Lipinski definition) is 5. The summed E-state index contributed by atoms with van der Waals surface area (Å²) in [7, 11) is 5.52. The normalized spacial score (nSPS) is 12.6. The van der Waals surface area contributed by atoms with E-state index in [2.05, 4.69) is 26.6 Å². The molecule has 8 amide bonds. The molecule has 25 heteroatoms. The van der Waals surface area contributed by atoms with E-state index in [4.69, 9.17) is 0 Å². The highest BCUT2D eigenvalue weighted by Crippen LogP contribution is 2.37. The number of carbonyl (C=O) groups is 8. The van der Waals surface area contributed by atoms with Crippen LogP contribution in [0.1, 0.15) is 85.5 Å². The molecule has 0 fully saturated rings. The first-order chi connectivity index (χ1) is 34.9. The Hall–Kier alpha value is -8.64. The molecule has 2 aliphatic rings. The second-order valence-electron chi connectivity index (χ2n) is 17.5. The minimum absolute atomic E-state index is 0. The van der Waals surface area contributed by atoms with Crippen LogP contribution < -0.4 is 31.5 Å². The Kier molecular flexibility index (Phi) is 17.4. The van der Waals surface area contributed by atoms with Crippen molar-refractivity contribution in [2.45, 2.75) is 12.8 Å². The number of hydrogen-bond acceptors (Lipinski definition) is 14. The zero-order valence-electron chi connectivity index (χ0n) is 40.4. The number of nitrogens with zero attached hydrogens (tertiary/aromatic N) is 6. The predicted molar refractivity (Wildman–Crippen MR) is 280 cm³/mol. The Labute approximate surface area is 439 Å². The maximum Gasteiger partial charge on any atom is 0.270 e. The second kappa shape index (κ2) is 23.5. The average Bonchev–Trinajstić information content (AvgIpc) is 3.73. The Balaban J connectivity index is 0.00000457. The van der Waals surface area contributed by atoms with E-state index >= 15 is 0 Å². The lowest BCUT2D eigenvalue weighted by Crippen LogP contribution is -2.44.